The molecule has 12 heteroatoms. The fraction of sp³-hybridized carbons (Fsp3) is 0.452. The minimum atomic E-state index is -1.24. The van der Waals surface area contributed by atoms with E-state index in [1.807, 2.05) is 44.2 Å². The molecule has 0 unspecified atom stereocenters. The van der Waals surface area contributed by atoms with Crippen molar-refractivity contribution in [3.8, 4) is 5.75 Å². The summed E-state index contributed by atoms with van der Waals surface area (Å²) < 4.78 is 5.65. The Morgan fingerprint density at radius 2 is 1.86 bits per heavy atom. The van der Waals surface area contributed by atoms with Gasteiger partial charge in [0.25, 0.3) is 11.8 Å². The van der Waals surface area contributed by atoms with Gasteiger partial charge in [-0.1, -0.05) is 67.4 Å². The zero-order valence-corrected chi connectivity index (χ0v) is 25.4. The Bertz CT molecular complexity index is 1430. The van der Waals surface area contributed by atoms with Gasteiger partial charge < -0.3 is 25.6 Å². The molecule has 5 atom stereocenters. The Hall–Kier alpha value is -3.63. The number of piperidine rings is 1. The third kappa shape index (κ3) is 6.65. The predicted molar refractivity (Wildman–Crippen MR) is 159 cm³/mol. The second-order valence-corrected chi connectivity index (χ2v) is 12.8. The quantitative estimate of drug-likeness (QED) is 0.328. The summed E-state index contributed by atoms with van der Waals surface area (Å²) in [7, 11) is 0. The number of fused-ring (bicyclic) bond motifs is 1. The van der Waals surface area contributed by atoms with Crippen molar-refractivity contribution in [3.63, 3.8) is 0 Å². The maximum atomic E-state index is 13.9. The molecule has 10 nitrogen and oxygen atoms in total. The molecular formula is C31H34Cl2N4O6. The Kier molecular flexibility index (Phi) is 8.99. The van der Waals surface area contributed by atoms with Crippen LogP contribution in [0.5, 0.6) is 5.75 Å². The number of hydrogen-bond acceptors (Lipinski definition) is 6. The number of nitrogens with one attached hydrogen (secondary N) is 3. The van der Waals surface area contributed by atoms with Crippen molar-refractivity contribution in [2.24, 2.45) is 23.2 Å². The van der Waals surface area contributed by atoms with Crippen LogP contribution >= 0.6 is 23.2 Å². The topological polar surface area (TPSA) is 134 Å². The molecule has 0 bridgehead atoms. The van der Waals surface area contributed by atoms with Crippen LogP contribution in [0.3, 0.4) is 0 Å². The summed E-state index contributed by atoms with van der Waals surface area (Å²) >= 11 is 12.1. The number of rotatable bonds is 11. The van der Waals surface area contributed by atoms with E-state index in [1.54, 1.807) is 12.1 Å². The molecule has 1 aliphatic carbocycles. The van der Waals surface area contributed by atoms with Gasteiger partial charge in [0.15, 0.2) is 6.61 Å². The van der Waals surface area contributed by atoms with E-state index >= 15 is 0 Å². The lowest BCUT2D eigenvalue weighted by Gasteiger charge is -2.31. The molecule has 0 aromatic heterocycles. The van der Waals surface area contributed by atoms with Crippen LogP contribution in [-0.4, -0.2) is 66.1 Å². The number of likely N-dealkylation sites (tertiary alicyclic amines) is 1. The first-order valence-electron chi connectivity index (χ1n) is 14.3. The van der Waals surface area contributed by atoms with E-state index in [0.29, 0.717) is 24.5 Å². The molecule has 4 amide bonds. The van der Waals surface area contributed by atoms with Crippen LogP contribution in [0.15, 0.2) is 48.5 Å². The maximum Gasteiger partial charge on any atom is 0.289 e. The molecule has 3 fully saturated rings. The normalized spacial score (nSPS) is 24.0. The average Bonchev–Trinajstić information content (AvgIpc) is 3.32. The minimum Gasteiger partial charge on any atom is -0.482 e. The van der Waals surface area contributed by atoms with Gasteiger partial charge in [-0.2, -0.15) is 0 Å². The number of amides is 4. The van der Waals surface area contributed by atoms with Gasteiger partial charge in [0.2, 0.25) is 17.6 Å². The van der Waals surface area contributed by atoms with Crippen molar-refractivity contribution in [1.82, 2.24) is 20.9 Å². The Morgan fingerprint density at radius 3 is 2.53 bits per heavy atom. The van der Waals surface area contributed by atoms with Gasteiger partial charge in [-0.25, -0.2) is 0 Å². The van der Waals surface area contributed by atoms with Crippen molar-refractivity contribution in [1.29, 1.82) is 0 Å². The van der Waals surface area contributed by atoms with Crippen LogP contribution in [0.1, 0.15) is 32.3 Å². The zero-order valence-electron chi connectivity index (χ0n) is 23.9. The van der Waals surface area contributed by atoms with Crippen molar-refractivity contribution in [2.75, 3.05) is 19.7 Å². The fourth-order valence-electron chi connectivity index (χ4n) is 6.32. The monoisotopic (exact) mass is 628 g/mol. The largest absolute Gasteiger partial charge is 0.482 e. The Balaban J connectivity index is 1.29. The third-order valence-electron chi connectivity index (χ3n) is 8.88. The number of hydrogen-bond donors (Lipinski definition) is 3. The number of halogens is 2. The van der Waals surface area contributed by atoms with E-state index in [4.69, 9.17) is 27.9 Å². The number of ketones is 1. The van der Waals surface area contributed by atoms with Crippen molar-refractivity contribution < 1.29 is 28.7 Å². The highest BCUT2D eigenvalue weighted by atomic mass is 35.5. The molecule has 43 heavy (non-hydrogen) atoms. The summed E-state index contributed by atoms with van der Waals surface area (Å²) in [5, 5.41) is 8.78. The van der Waals surface area contributed by atoms with Gasteiger partial charge in [0, 0.05) is 30.6 Å². The first kappa shape index (κ1) is 30.8. The van der Waals surface area contributed by atoms with Crippen LogP contribution in [0, 0.1) is 23.2 Å². The van der Waals surface area contributed by atoms with Crippen LogP contribution < -0.4 is 20.7 Å². The lowest BCUT2D eigenvalue weighted by atomic mass is 9.94. The highest BCUT2D eigenvalue weighted by Gasteiger charge is 2.69. The van der Waals surface area contributed by atoms with Gasteiger partial charge in [-0.05, 0) is 53.9 Å². The summed E-state index contributed by atoms with van der Waals surface area (Å²) in [4.78, 5) is 67.3. The van der Waals surface area contributed by atoms with E-state index in [9.17, 15) is 24.0 Å². The SMILES string of the molecule is CC1(C)[C@@H]2[C@@H](C(=O)N[C@@H](C[C@@H]3CCNC3=O)C(=O)C(=O)NCc3ccccc3)N(C(=O)COc3ccc(Cl)cc3Cl)C[C@@H]21. The molecule has 2 aliphatic heterocycles. The Morgan fingerprint density at radius 1 is 1.12 bits per heavy atom. The molecule has 228 valence electrons. The molecular weight excluding hydrogens is 595 g/mol. The summed E-state index contributed by atoms with van der Waals surface area (Å²) in [6.07, 6.45) is 0.464. The molecule has 2 aromatic rings. The van der Waals surface area contributed by atoms with Gasteiger partial charge in [0.05, 0.1) is 11.1 Å². The standard InChI is InChI=1S/C31H34Cl2N4O6/c1-31(2)20-15-37(24(38)16-43-23-9-8-19(32)13-21(23)33)26(25(20)31)29(41)36-22(12-18-10-11-34-28(18)40)27(39)30(42)35-14-17-6-4-3-5-7-17/h3-9,13,18,20,22,25-26H,10-12,14-16H2,1-2H3,(H,34,40)(H,35,42)(H,36,41)/t18-,20-,22-,25-,26-/m0/s1. The number of nitrogens with zero attached hydrogens (tertiary/aromatic N) is 1. The molecule has 3 N–H and O–H groups in total. The number of carbonyl (C=O) groups is 5. The molecule has 2 saturated heterocycles. The van der Waals surface area contributed by atoms with Crippen LogP contribution in [0.25, 0.3) is 0 Å². The molecule has 0 radical (unpaired) electrons. The lowest BCUT2D eigenvalue weighted by Crippen LogP contribution is -2.56. The summed E-state index contributed by atoms with van der Waals surface area (Å²) in [6.45, 7) is 4.68. The summed E-state index contributed by atoms with van der Waals surface area (Å²) in [6, 6.07) is 11.7. The molecule has 2 heterocycles. The van der Waals surface area contributed by atoms with Crippen LogP contribution in [0.2, 0.25) is 10.0 Å². The van der Waals surface area contributed by atoms with E-state index in [0.717, 1.165) is 5.56 Å². The van der Waals surface area contributed by atoms with E-state index < -0.39 is 41.5 Å². The van der Waals surface area contributed by atoms with E-state index in [2.05, 4.69) is 16.0 Å². The zero-order chi connectivity index (χ0) is 30.9. The maximum absolute atomic E-state index is 13.9. The first-order valence-corrected chi connectivity index (χ1v) is 15.0. The number of ether oxygens (including phenoxy) is 1. The van der Waals surface area contributed by atoms with Crippen LogP contribution in [-0.2, 0) is 30.5 Å². The predicted octanol–water partition coefficient (Wildman–Crippen LogP) is 2.75. The van der Waals surface area contributed by atoms with E-state index in [-0.39, 0.29) is 53.5 Å². The van der Waals surface area contributed by atoms with Gasteiger partial charge in [0.1, 0.15) is 11.8 Å². The smallest absolute Gasteiger partial charge is 0.289 e. The van der Waals surface area contributed by atoms with Crippen molar-refractivity contribution in [3.05, 3.63) is 64.1 Å². The second kappa shape index (κ2) is 12.5. The van der Waals surface area contributed by atoms with Crippen molar-refractivity contribution in [2.45, 2.75) is 45.3 Å². The summed E-state index contributed by atoms with van der Waals surface area (Å²) in [5.41, 5.74) is 0.625. The number of carbonyl (C=O) groups excluding carboxylic acids is 5. The van der Waals surface area contributed by atoms with E-state index in [1.165, 1.54) is 11.0 Å². The molecule has 3 aliphatic rings. The average molecular weight is 630 g/mol. The van der Waals surface area contributed by atoms with Gasteiger partial charge in [-0.3, -0.25) is 24.0 Å². The Labute approximate surface area is 259 Å². The van der Waals surface area contributed by atoms with Gasteiger partial charge >= 0.3 is 0 Å². The highest BCUT2D eigenvalue weighted by molar-refractivity contribution is 6.38. The number of benzene rings is 2. The third-order valence-corrected chi connectivity index (χ3v) is 9.41. The molecule has 5 rings (SSSR count). The summed E-state index contributed by atoms with van der Waals surface area (Å²) in [5.74, 6) is -3.15. The molecule has 1 saturated carbocycles. The fourth-order valence-corrected chi connectivity index (χ4v) is 6.79. The number of Topliss-reactive ketones (excluding diaryl/α,β-unsaturated/α-hetero) is 1. The lowest BCUT2D eigenvalue weighted by molar-refractivity contribution is -0.144. The van der Waals surface area contributed by atoms with Crippen molar-refractivity contribution >= 4 is 52.6 Å². The second-order valence-electron chi connectivity index (χ2n) is 11.9. The van der Waals surface area contributed by atoms with Crippen LogP contribution in [0.4, 0.5) is 0 Å². The first-order chi connectivity index (χ1) is 20.5. The molecule has 2 aromatic carbocycles. The van der Waals surface area contributed by atoms with Gasteiger partial charge in [-0.15, -0.1) is 0 Å². The molecule has 0 spiro atoms. The highest BCUT2D eigenvalue weighted by Crippen LogP contribution is 2.64. The minimum absolute atomic E-state index is 0.0223.